The molecule has 28 heavy (non-hydrogen) atoms. The van der Waals surface area contributed by atoms with E-state index in [0.29, 0.717) is 29.4 Å². The van der Waals surface area contributed by atoms with Crippen LogP contribution in [-0.2, 0) is 6.54 Å². The van der Waals surface area contributed by atoms with Crippen LogP contribution in [0.15, 0.2) is 54.9 Å². The average Bonchev–Trinajstić information content (AvgIpc) is 3.34. The van der Waals surface area contributed by atoms with Gasteiger partial charge in [0.25, 0.3) is 5.91 Å². The molecule has 1 amide bonds. The summed E-state index contributed by atoms with van der Waals surface area (Å²) in [7, 11) is 3.22. The molecule has 0 atom stereocenters. The van der Waals surface area contributed by atoms with E-state index >= 15 is 0 Å². The molecular weight excluding hydrogens is 358 g/mol. The van der Waals surface area contributed by atoms with Crippen molar-refractivity contribution in [3.63, 3.8) is 0 Å². The van der Waals surface area contributed by atoms with E-state index in [-0.39, 0.29) is 5.91 Å². The van der Waals surface area contributed by atoms with Gasteiger partial charge in [0, 0.05) is 17.6 Å². The lowest BCUT2D eigenvalue weighted by Crippen LogP contribution is -2.12. The molecule has 2 aromatic carbocycles. The van der Waals surface area contributed by atoms with Gasteiger partial charge in [-0.1, -0.05) is 18.2 Å². The number of anilines is 1. The number of carbonyl (C=O) groups is 1. The summed E-state index contributed by atoms with van der Waals surface area (Å²) in [5.41, 5.74) is 2.72. The molecule has 142 valence electrons. The molecule has 0 aliphatic carbocycles. The van der Waals surface area contributed by atoms with Crippen LogP contribution in [0, 0.1) is 0 Å². The van der Waals surface area contributed by atoms with E-state index in [0.717, 1.165) is 16.5 Å². The van der Waals surface area contributed by atoms with Gasteiger partial charge < -0.3 is 14.8 Å². The van der Waals surface area contributed by atoms with Crippen LogP contribution in [0.5, 0.6) is 11.5 Å². The van der Waals surface area contributed by atoms with Crippen LogP contribution in [0.1, 0.15) is 16.1 Å². The maximum atomic E-state index is 12.6. The number of hydrogen-bond acceptors (Lipinski definition) is 5. The molecule has 0 fully saturated rings. The molecule has 4 aromatic rings. The molecule has 2 heterocycles. The largest absolute Gasteiger partial charge is 0.497 e. The fourth-order valence-corrected chi connectivity index (χ4v) is 2.99. The van der Waals surface area contributed by atoms with Crippen molar-refractivity contribution >= 4 is 22.5 Å². The van der Waals surface area contributed by atoms with Gasteiger partial charge >= 0.3 is 0 Å². The average molecular weight is 377 g/mol. The Bertz CT molecular complexity index is 1110. The van der Waals surface area contributed by atoms with Gasteiger partial charge in [-0.05, 0) is 23.8 Å². The van der Waals surface area contributed by atoms with Crippen molar-refractivity contribution in [3.8, 4) is 11.5 Å². The lowest BCUT2D eigenvalue weighted by Gasteiger charge is -2.08. The third kappa shape index (κ3) is 3.52. The Balaban J connectivity index is 1.49. The standard InChI is InChI=1S/C20H19N5O3/c1-27-15-7-13(8-16(9-15)28-2)11-25-12-14(10-21-25)22-20(26)19-17-5-3-4-6-18(17)23-24-19/h3-10,12H,11H2,1-2H3,(H,22,26)(H,23,24). The summed E-state index contributed by atoms with van der Waals surface area (Å²) < 4.78 is 12.3. The summed E-state index contributed by atoms with van der Waals surface area (Å²) in [6.45, 7) is 0.509. The molecule has 0 saturated carbocycles. The monoisotopic (exact) mass is 377 g/mol. The van der Waals surface area contributed by atoms with Gasteiger partial charge in [0.2, 0.25) is 0 Å². The van der Waals surface area contributed by atoms with Gasteiger partial charge in [-0.15, -0.1) is 0 Å². The van der Waals surface area contributed by atoms with Gasteiger partial charge in [-0.3, -0.25) is 14.6 Å². The first-order chi connectivity index (χ1) is 13.7. The van der Waals surface area contributed by atoms with Crippen molar-refractivity contribution in [3.05, 3.63) is 66.1 Å². The molecule has 0 aliphatic rings. The molecule has 8 heteroatoms. The Labute approximate surface area is 161 Å². The number of nitrogens with one attached hydrogen (secondary N) is 2. The van der Waals surface area contributed by atoms with E-state index in [1.165, 1.54) is 0 Å². The smallest absolute Gasteiger partial charge is 0.276 e. The number of benzene rings is 2. The summed E-state index contributed by atoms with van der Waals surface area (Å²) >= 11 is 0. The first-order valence-electron chi connectivity index (χ1n) is 8.65. The van der Waals surface area contributed by atoms with Gasteiger partial charge in [0.05, 0.1) is 38.2 Å². The van der Waals surface area contributed by atoms with Crippen LogP contribution in [0.2, 0.25) is 0 Å². The SMILES string of the molecule is COc1cc(Cn2cc(NC(=O)c3n[nH]c4ccccc34)cn2)cc(OC)c1. The summed E-state index contributed by atoms with van der Waals surface area (Å²) in [5.74, 6) is 1.13. The molecule has 4 rings (SSSR count). The highest BCUT2D eigenvalue weighted by Crippen LogP contribution is 2.23. The Morgan fingerprint density at radius 3 is 2.64 bits per heavy atom. The molecule has 0 saturated heterocycles. The number of fused-ring (bicyclic) bond motifs is 1. The number of rotatable bonds is 6. The number of carbonyl (C=O) groups excluding carboxylic acids is 1. The van der Waals surface area contributed by atoms with Crippen molar-refractivity contribution in [2.45, 2.75) is 6.54 Å². The number of nitrogens with zero attached hydrogens (tertiary/aromatic N) is 3. The molecule has 2 N–H and O–H groups in total. The zero-order valence-corrected chi connectivity index (χ0v) is 15.5. The normalized spacial score (nSPS) is 10.8. The fourth-order valence-electron chi connectivity index (χ4n) is 2.99. The van der Waals surface area contributed by atoms with Gasteiger partial charge in [0.15, 0.2) is 5.69 Å². The van der Waals surface area contributed by atoms with Crippen LogP contribution in [0.25, 0.3) is 10.9 Å². The predicted molar refractivity (Wildman–Crippen MR) is 105 cm³/mol. The minimum Gasteiger partial charge on any atom is -0.497 e. The number of ether oxygens (including phenoxy) is 2. The van der Waals surface area contributed by atoms with Crippen LogP contribution in [0.3, 0.4) is 0 Å². The van der Waals surface area contributed by atoms with Crippen LogP contribution >= 0.6 is 0 Å². The second-order valence-electron chi connectivity index (χ2n) is 6.22. The van der Waals surface area contributed by atoms with Crippen LogP contribution < -0.4 is 14.8 Å². The second kappa shape index (κ2) is 7.43. The van der Waals surface area contributed by atoms with E-state index in [2.05, 4.69) is 20.6 Å². The Kier molecular flexibility index (Phi) is 4.67. The number of methoxy groups -OCH3 is 2. The number of H-pyrrole nitrogens is 1. The molecule has 0 spiro atoms. The van der Waals surface area contributed by atoms with E-state index in [1.54, 1.807) is 31.3 Å². The zero-order chi connectivity index (χ0) is 19.5. The molecule has 8 nitrogen and oxygen atoms in total. The minimum atomic E-state index is -0.292. The number of para-hydroxylation sites is 1. The van der Waals surface area contributed by atoms with E-state index in [1.807, 2.05) is 42.5 Å². The van der Waals surface area contributed by atoms with Gasteiger partial charge in [0.1, 0.15) is 11.5 Å². The van der Waals surface area contributed by atoms with Crippen LogP contribution in [-0.4, -0.2) is 40.1 Å². The Hall–Kier alpha value is -3.81. The second-order valence-corrected chi connectivity index (χ2v) is 6.22. The van der Waals surface area contributed by atoms with Crippen molar-refractivity contribution in [2.24, 2.45) is 0 Å². The summed E-state index contributed by atoms with van der Waals surface area (Å²) in [4.78, 5) is 12.6. The van der Waals surface area contributed by atoms with Crippen molar-refractivity contribution in [1.29, 1.82) is 0 Å². The maximum Gasteiger partial charge on any atom is 0.276 e. The van der Waals surface area contributed by atoms with E-state index in [4.69, 9.17) is 9.47 Å². The molecule has 0 bridgehead atoms. The topological polar surface area (TPSA) is 94.1 Å². The lowest BCUT2D eigenvalue weighted by atomic mass is 10.2. The number of aromatic nitrogens is 4. The molecule has 0 radical (unpaired) electrons. The lowest BCUT2D eigenvalue weighted by molar-refractivity contribution is 0.102. The number of amides is 1. The first kappa shape index (κ1) is 17.6. The van der Waals surface area contributed by atoms with E-state index < -0.39 is 0 Å². The van der Waals surface area contributed by atoms with Crippen molar-refractivity contribution in [1.82, 2.24) is 20.0 Å². The third-order valence-corrected chi connectivity index (χ3v) is 4.33. The zero-order valence-electron chi connectivity index (χ0n) is 15.5. The van der Waals surface area contributed by atoms with Gasteiger partial charge in [-0.2, -0.15) is 10.2 Å². The Morgan fingerprint density at radius 1 is 1.14 bits per heavy atom. The van der Waals surface area contributed by atoms with Gasteiger partial charge in [-0.25, -0.2) is 0 Å². The highest BCUT2D eigenvalue weighted by molar-refractivity contribution is 6.10. The molecule has 0 unspecified atom stereocenters. The van der Waals surface area contributed by atoms with E-state index in [9.17, 15) is 4.79 Å². The highest BCUT2D eigenvalue weighted by Gasteiger charge is 2.14. The number of aromatic amines is 1. The van der Waals surface area contributed by atoms with Crippen molar-refractivity contribution < 1.29 is 14.3 Å². The predicted octanol–water partition coefficient (Wildman–Crippen LogP) is 3.08. The summed E-state index contributed by atoms with van der Waals surface area (Å²) in [6.07, 6.45) is 3.36. The minimum absolute atomic E-state index is 0.292. The number of hydrogen-bond donors (Lipinski definition) is 2. The highest BCUT2D eigenvalue weighted by atomic mass is 16.5. The third-order valence-electron chi connectivity index (χ3n) is 4.33. The Morgan fingerprint density at radius 2 is 1.89 bits per heavy atom. The van der Waals surface area contributed by atoms with Crippen LogP contribution in [0.4, 0.5) is 5.69 Å². The maximum absolute atomic E-state index is 12.6. The fraction of sp³-hybridized carbons (Fsp3) is 0.150. The molecular formula is C20H19N5O3. The quantitative estimate of drug-likeness (QED) is 0.539. The van der Waals surface area contributed by atoms with Crippen molar-refractivity contribution in [2.75, 3.05) is 19.5 Å². The summed E-state index contributed by atoms with van der Waals surface area (Å²) in [5, 5.41) is 14.9. The summed E-state index contributed by atoms with van der Waals surface area (Å²) in [6, 6.07) is 13.1. The molecule has 2 aromatic heterocycles. The molecule has 0 aliphatic heterocycles. The first-order valence-corrected chi connectivity index (χ1v) is 8.65.